The first-order valence-electron chi connectivity index (χ1n) is 7.74. The number of rotatable bonds is 3. The molecule has 1 saturated heterocycles. The van der Waals surface area contributed by atoms with E-state index in [1.165, 1.54) is 0 Å². The van der Waals surface area contributed by atoms with Gasteiger partial charge in [-0.1, -0.05) is 12.1 Å². The molecule has 2 heterocycles. The van der Waals surface area contributed by atoms with Gasteiger partial charge in [-0.25, -0.2) is 4.79 Å². The van der Waals surface area contributed by atoms with E-state index >= 15 is 0 Å². The van der Waals surface area contributed by atoms with E-state index in [9.17, 15) is 9.59 Å². The summed E-state index contributed by atoms with van der Waals surface area (Å²) >= 11 is 0. The van der Waals surface area contributed by atoms with Crippen molar-refractivity contribution in [3.63, 3.8) is 0 Å². The highest BCUT2D eigenvalue weighted by Gasteiger charge is 2.23. The zero-order chi connectivity index (χ0) is 15.7. The first-order valence-corrected chi connectivity index (χ1v) is 7.74. The van der Waals surface area contributed by atoms with Crippen LogP contribution in [0, 0.1) is 0 Å². The Balaban J connectivity index is 1.78. The number of carbonyl (C=O) groups is 1. The van der Waals surface area contributed by atoms with E-state index in [0.29, 0.717) is 13.0 Å². The van der Waals surface area contributed by atoms with Gasteiger partial charge in [0.05, 0.1) is 11.0 Å². The molecule has 0 spiro atoms. The largest absolute Gasteiger partial charge is 0.337 e. The predicted octanol–water partition coefficient (Wildman–Crippen LogP) is 0.550. The fraction of sp³-hybridized carbons (Fsp3) is 0.500. The highest BCUT2D eigenvalue weighted by atomic mass is 16.2. The lowest BCUT2D eigenvalue weighted by Crippen LogP contribution is -2.52. The molecule has 6 heteroatoms. The normalized spacial score (nSPS) is 18.8. The molecule has 2 aromatic rings. The van der Waals surface area contributed by atoms with Crippen molar-refractivity contribution in [2.45, 2.75) is 25.9 Å². The van der Waals surface area contributed by atoms with Gasteiger partial charge in [-0.05, 0) is 19.1 Å². The summed E-state index contributed by atoms with van der Waals surface area (Å²) in [4.78, 5) is 26.7. The number of hydrogen-bond acceptors (Lipinski definition) is 3. The summed E-state index contributed by atoms with van der Waals surface area (Å²) in [7, 11) is 1.77. The lowest BCUT2D eigenvalue weighted by Gasteiger charge is -2.34. The summed E-state index contributed by atoms with van der Waals surface area (Å²) < 4.78 is 3.33. The first kappa shape index (κ1) is 14.8. The highest BCUT2D eigenvalue weighted by molar-refractivity contribution is 5.78. The number of aryl methyl sites for hydroxylation is 2. The number of aromatic nitrogens is 2. The quantitative estimate of drug-likeness (QED) is 0.901. The standard InChI is InChI=1S/C16H22N4O2/c1-12-11-17-8-10-19(12)15(21)7-9-20-14-6-4-3-5-13(14)18(2)16(20)22/h3-6,12,17H,7-11H2,1-2H3. The summed E-state index contributed by atoms with van der Waals surface area (Å²) in [5.74, 6) is 0.119. The molecule has 0 aliphatic carbocycles. The zero-order valence-corrected chi connectivity index (χ0v) is 13.1. The number of benzene rings is 1. The molecule has 1 unspecified atom stereocenters. The third-order valence-electron chi connectivity index (χ3n) is 4.42. The zero-order valence-electron chi connectivity index (χ0n) is 13.1. The molecule has 1 aromatic heterocycles. The van der Waals surface area contributed by atoms with Crippen molar-refractivity contribution < 1.29 is 4.79 Å². The predicted molar refractivity (Wildman–Crippen MR) is 85.8 cm³/mol. The van der Waals surface area contributed by atoms with Crippen LogP contribution in [0.4, 0.5) is 0 Å². The lowest BCUT2D eigenvalue weighted by atomic mass is 10.2. The molecule has 6 nitrogen and oxygen atoms in total. The minimum atomic E-state index is -0.0673. The third-order valence-corrected chi connectivity index (χ3v) is 4.42. The maximum absolute atomic E-state index is 12.4. The van der Waals surface area contributed by atoms with Gasteiger partial charge in [0.1, 0.15) is 0 Å². The SMILES string of the molecule is CC1CNCCN1C(=O)CCn1c(=O)n(C)c2ccccc21. The Morgan fingerprint density at radius 1 is 1.32 bits per heavy atom. The second kappa shape index (κ2) is 5.96. The average Bonchev–Trinajstić information content (AvgIpc) is 2.77. The molecule has 0 radical (unpaired) electrons. The van der Waals surface area contributed by atoms with Crippen molar-refractivity contribution in [2.75, 3.05) is 19.6 Å². The van der Waals surface area contributed by atoms with Crippen LogP contribution in [0.2, 0.25) is 0 Å². The molecular weight excluding hydrogens is 280 g/mol. The topological polar surface area (TPSA) is 59.3 Å². The van der Waals surface area contributed by atoms with Crippen molar-refractivity contribution in [2.24, 2.45) is 7.05 Å². The van der Waals surface area contributed by atoms with Crippen LogP contribution < -0.4 is 11.0 Å². The number of imidazole rings is 1. The molecule has 3 rings (SSSR count). The Morgan fingerprint density at radius 3 is 2.77 bits per heavy atom. The van der Waals surface area contributed by atoms with Gasteiger partial charge >= 0.3 is 5.69 Å². The molecule has 1 N–H and O–H groups in total. The van der Waals surface area contributed by atoms with E-state index in [2.05, 4.69) is 5.32 Å². The van der Waals surface area contributed by atoms with Gasteiger partial charge in [-0.2, -0.15) is 0 Å². The third kappa shape index (κ3) is 2.54. The van der Waals surface area contributed by atoms with Gasteiger partial charge in [0.25, 0.3) is 0 Å². The van der Waals surface area contributed by atoms with E-state index in [4.69, 9.17) is 0 Å². The van der Waals surface area contributed by atoms with Gasteiger partial charge in [-0.15, -0.1) is 0 Å². The van der Waals surface area contributed by atoms with Gasteiger partial charge < -0.3 is 10.2 Å². The fourth-order valence-corrected chi connectivity index (χ4v) is 3.14. The highest BCUT2D eigenvalue weighted by Crippen LogP contribution is 2.13. The Kier molecular flexibility index (Phi) is 4.02. The van der Waals surface area contributed by atoms with E-state index in [0.717, 1.165) is 30.7 Å². The van der Waals surface area contributed by atoms with Crippen LogP contribution in [0.1, 0.15) is 13.3 Å². The van der Waals surface area contributed by atoms with Crippen molar-refractivity contribution >= 4 is 16.9 Å². The molecule has 1 atom stereocenters. The summed E-state index contributed by atoms with van der Waals surface area (Å²) in [5, 5.41) is 3.28. The van der Waals surface area contributed by atoms with E-state index < -0.39 is 0 Å². The van der Waals surface area contributed by atoms with Crippen molar-refractivity contribution in [1.29, 1.82) is 0 Å². The van der Waals surface area contributed by atoms with Crippen LogP contribution in [0.25, 0.3) is 11.0 Å². The minimum Gasteiger partial charge on any atom is -0.337 e. The van der Waals surface area contributed by atoms with Gasteiger partial charge in [0, 0.05) is 45.7 Å². The number of amides is 1. The Hall–Kier alpha value is -2.08. The molecule has 1 aliphatic rings. The molecule has 0 bridgehead atoms. The Labute approximate surface area is 129 Å². The van der Waals surface area contributed by atoms with Crippen LogP contribution >= 0.6 is 0 Å². The molecule has 1 aromatic carbocycles. The maximum atomic E-state index is 12.4. The Morgan fingerprint density at radius 2 is 2.05 bits per heavy atom. The van der Waals surface area contributed by atoms with Crippen LogP contribution in [0.3, 0.4) is 0 Å². The molecule has 1 aliphatic heterocycles. The molecule has 1 fully saturated rings. The van der Waals surface area contributed by atoms with Gasteiger partial charge in [0.2, 0.25) is 5.91 Å². The average molecular weight is 302 g/mol. The van der Waals surface area contributed by atoms with Crippen LogP contribution in [-0.2, 0) is 18.4 Å². The first-order chi connectivity index (χ1) is 10.6. The molecule has 22 heavy (non-hydrogen) atoms. The van der Waals surface area contributed by atoms with Crippen LogP contribution in [0.15, 0.2) is 29.1 Å². The molecule has 118 valence electrons. The maximum Gasteiger partial charge on any atom is 0.328 e. The monoisotopic (exact) mass is 302 g/mol. The number of fused-ring (bicyclic) bond motifs is 1. The summed E-state index contributed by atoms with van der Waals surface area (Å²) in [6.45, 7) is 4.89. The van der Waals surface area contributed by atoms with Gasteiger partial charge in [-0.3, -0.25) is 13.9 Å². The molecule has 1 amide bonds. The summed E-state index contributed by atoms with van der Waals surface area (Å²) in [6.07, 6.45) is 0.359. The number of para-hydroxylation sites is 2. The van der Waals surface area contributed by atoms with Crippen molar-refractivity contribution in [1.82, 2.24) is 19.4 Å². The minimum absolute atomic E-state index is 0.0673. The van der Waals surface area contributed by atoms with Crippen LogP contribution in [0.5, 0.6) is 0 Å². The number of nitrogens with zero attached hydrogens (tertiary/aromatic N) is 3. The van der Waals surface area contributed by atoms with E-state index in [1.54, 1.807) is 16.2 Å². The summed E-state index contributed by atoms with van der Waals surface area (Å²) in [5.41, 5.74) is 1.72. The summed E-state index contributed by atoms with van der Waals surface area (Å²) in [6, 6.07) is 7.89. The number of piperazine rings is 1. The van der Waals surface area contributed by atoms with E-state index in [1.807, 2.05) is 36.1 Å². The van der Waals surface area contributed by atoms with Crippen molar-refractivity contribution in [3.05, 3.63) is 34.7 Å². The number of hydrogen-bond donors (Lipinski definition) is 1. The lowest BCUT2D eigenvalue weighted by molar-refractivity contribution is -0.134. The van der Waals surface area contributed by atoms with E-state index in [-0.39, 0.29) is 17.6 Å². The number of nitrogens with one attached hydrogen (secondary N) is 1. The van der Waals surface area contributed by atoms with Crippen LogP contribution in [-0.4, -0.2) is 45.6 Å². The van der Waals surface area contributed by atoms with Gasteiger partial charge in [0.15, 0.2) is 0 Å². The smallest absolute Gasteiger partial charge is 0.328 e. The Bertz CT molecular complexity index is 746. The second-order valence-electron chi connectivity index (χ2n) is 5.87. The second-order valence-corrected chi connectivity index (χ2v) is 5.87. The molecular formula is C16H22N4O2. The fourth-order valence-electron chi connectivity index (χ4n) is 3.14. The molecule has 0 saturated carbocycles. The number of carbonyl (C=O) groups excluding carboxylic acids is 1. The van der Waals surface area contributed by atoms with Crippen molar-refractivity contribution in [3.8, 4) is 0 Å².